The molecule has 3 N–H and O–H groups in total. The van der Waals surface area contributed by atoms with Crippen molar-refractivity contribution in [2.45, 2.75) is 89.6 Å². The SMILES string of the molecule is COc1cccc(CN2CC[C@H]3CC(=O)N4CCC(CC4)c4nc(c(C)s4)CC(=O)N[C@@H](CCCCNC(=O)c4ccc(F)cc4)CC(=O)NCC[C@H]3C2)c1. The summed E-state index contributed by atoms with van der Waals surface area (Å²) in [5.41, 5.74) is 2.34. The van der Waals surface area contributed by atoms with Gasteiger partial charge < -0.3 is 25.6 Å². The van der Waals surface area contributed by atoms with Gasteiger partial charge in [0.25, 0.3) is 5.91 Å². The lowest BCUT2D eigenvalue weighted by atomic mass is 9.80. The molecule has 0 aliphatic carbocycles. The van der Waals surface area contributed by atoms with E-state index in [0.717, 1.165) is 66.6 Å². The molecule has 296 valence electrons. The average Bonchev–Trinajstić information content (AvgIpc) is 3.54. The van der Waals surface area contributed by atoms with Crippen molar-refractivity contribution >= 4 is 35.0 Å². The number of amides is 4. The molecule has 1 aromatic heterocycles. The van der Waals surface area contributed by atoms with Crippen molar-refractivity contribution in [2.75, 3.05) is 46.4 Å². The van der Waals surface area contributed by atoms with E-state index in [9.17, 15) is 23.6 Å². The molecule has 13 heteroatoms. The number of ether oxygens (including phenoxy) is 1. The number of benzene rings is 2. The fourth-order valence-corrected chi connectivity index (χ4v) is 9.32. The molecule has 11 nitrogen and oxygen atoms in total. The first kappa shape index (κ1) is 40.3. The minimum Gasteiger partial charge on any atom is -0.497 e. The highest BCUT2D eigenvalue weighted by molar-refractivity contribution is 7.11. The Bertz CT molecular complexity index is 1780. The van der Waals surface area contributed by atoms with Gasteiger partial charge in [-0.15, -0.1) is 11.3 Å². The van der Waals surface area contributed by atoms with Crippen LogP contribution in [-0.4, -0.2) is 90.8 Å². The molecule has 4 aliphatic heterocycles. The number of halogens is 1. The molecule has 0 unspecified atom stereocenters. The van der Waals surface area contributed by atoms with Gasteiger partial charge >= 0.3 is 0 Å². The number of carbonyl (C=O) groups is 4. The van der Waals surface area contributed by atoms with Crippen LogP contribution in [0.4, 0.5) is 4.39 Å². The minimum absolute atomic E-state index is 0.128. The molecule has 0 saturated carbocycles. The topological polar surface area (TPSA) is 133 Å². The predicted octanol–water partition coefficient (Wildman–Crippen LogP) is 5.37. The lowest BCUT2D eigenvalue weighted by molar-refractivity contribution is -0.134. The fraction of sp³-hybridized carbons (Fsp3) is 0.548. The molecule has 55 heavy (non-hydrogen) atoms. The van der Waals surface area contributed by atoms with Gasteiger partial charge in [0.05, 0.1) is 24.2 Å². The zero-order valence-electron chi connectivity index (χ0n) is 32.1. The van der Waals surface area contributed by atoms with Crippen LogP contribution in [0.1, 0.15) is 95.2 Å². The number of piperidine rings is 2. The number of thiazole rings is 1. The summed E-state index contributed by atoms with van der Waals surface area (Å²) in [6.45, 7) is 6.88. The first-order chi connectivity index (χ1) is 26.6. The van der Waals surface area contributed by atoms with Crippen LogP contribution in [0.25, 0.3) is 0 Å². The normalized spacial score (nSPS) is 23.0. The number of nitrogens with one attached hydrogen (secondary N) is 3. The van der Waals surface area contributed by atoms with E-state index in [2.05, 4.69) is 33.0 Å². The van der Waals surface area contributed by atoms with Crippen LogP contribution in [0.3, 0.4) is 0 Å². The van der Waals surface area contributed by atoms with E-state index in [0.29, 0.717) is 57.4 Å². The monoisotopic (exact) mass is 774 g/mol. The van der Waals surface area contributed by atoms with Crippen LogP contribution in [0, 0.1) is 24.6 Å². The second kappa shape index (κ2) is 19.5. The number of methoxy groups -OCH3 is 1. The average molecular weight is 775 g/mol. The highest BCUT2D eigenvalue weighted by Crippen LogP contribution is 2.35. The van der Waals surface area contributed by atoms with E-state index in [1.165, 1.54) is 29.8 Å². The van der Waals surface area contributed by atoms with Gasteiger partial charge in [-0.05, 0) is 112 Å². The molecule has 4 amide bonds. The van der Waals surface area contributed by atoms with Crippen LogP contribution in [-0.2, 0) is 27.3 Å². The van der Waals surface area contributed by atoms with Crippen molar-refractivity contribution in [1.29, 1.82) is 0 Å². The Morgan fingerprint density at radius 3 is 2.56 bits per heavy atom. The summed E-state index contributed by atoms with van der Waals surface area (Å²) in [5, 5.41) is 10.2. The molecule has 4 bridgehead atoms. The highest BCUT2D eigenvalue weighted by Gasteiger charge is 2.34. The second-order valence-corrected chi connectivity index (χ2v) is 16.6. The number of fused-ring (bicyclic) bond motifs is 11. The summed E-state index contributed by atoms with van der Waals surface area (Å²) in [5.74, 6) is 0.827. The maximum atomic E-state index is 13.7. The zero-order chi connectivity index (χ0) is 38.7. The maximum absolute atomic E-state index is 13.7. The first-order valence-corrected chi connectivity index (χ1v) is 20.6. The van der Waals surface area contributed by atoms with E-state index in [-0.39, 0.29) is 60.3 Å². The lowest BCUT2D eigenvalue weighted by Crippen LogP contribution is -2.45. The van der Waals surface area contributed by atoms with Gasteiger partial charge in [-0.25, -0.2) is 9.37 Å². The molecule has 3 atom stereocenters. The summed E-state index contributed by atoms with van der Waals surface area (Å²) in [4.78, 5) is 63.5. The van der Waals surface area contributed by atoms with Crippen LogP contribution in [0.2, 0.25) is 0 Å². The summed E-state index contributed by atoms with van der Waals surface area (Å²) in [6, 6.07) is 13.2. The third-order valence-corrected chi connectivity index (χ3v) is 12.6. The summed E-state index contributed by atoms with van der Waals surface area (Å²) in [7, 11) is 1.68. The number of nitrogens with zero attached hydrogens (tertiary/aromatic N) is 3. The lowest BCUT2D eigenvalue weighted by Gasteiger charge is -2.40. The fourth-order valence-electron chi connectivity index (χ4n) is 8.21. The third kappa shape index (κ3) is 11.6. The largest absolute Gasteiger partial charge is 0.497 e. The van der Waals surface area contributed by atoms with Crippen molar-refractivity contribution in [3.05, 3.63) is 81.1 Å². The van der Waals surface area contributed by atoms with Crippen molar-refractivity contribution in [1.82, 2.24) is 30.7 Å². The summed E-state index contributed by atoms with van der Waals surface area (Å²) >= 11 is 1.64. The number of hydrogen-bond donors (Lipinski definition) is 3. The number of rotatable bonds is 9. The number of carbonyl (C=O) groups excluding carboxylic acids is 4. The molecule has 2 saturated heterocycles. The molecule has 2 fully saturated rings. The molecule has 0 radical (unpaired) electrons. The molecular formula is C42H55FN6O5S. The number of aromatic nitrogens is 1. The van der Waals surface area contributed by atoms with Gasteiger partial charge in [0.15, 0.2) is 0 Å². The third-order valence-electron chi connectivity index (χ3n) is 11.4. The van der Waals surface area contributed by atoms with Crippen molar-refractivity contribution in [2.24, 2.45) is 11.8 Å². The number of hydrogen-bond acceptors (Lipinski definition) is 8. The highest BCUT2D eigenvalue weighted by atomic mass is 32.1. The minimum atomic E-state index is -0.397. The Kier molecular flexibility index (Phi) is 14.3. The van der Waals surface area contributed by atoms with Gasteiger partial charge in [0, 0.05) is 74.5 Å². The quantitative estimate of drug-likeness (QED) is 0.249. The first-order valence-electron chi connectivity index (χ1n) is 19.8. The summed E-state index contributed by atoms with van der Waals surface area (Å²) < 4.78 is 18.7. The Morgan fingerprint density at radius 1 is 0.982 bits per heavy atom. The van der Waals surface area contributed by atoms with E-state index in [1.54, 1.807) is 18.4 Å². The molecule has 4 aliphatic rings. The standard InChI is InChI=1S/C42H55FN6O5S/c1-28-37-25-39(51)46-35(7-3-4-17-45-41(53)30-9-11-34(43)12-10-30)24-38(50)44-18-13-33-27-48(26-29-6-5-8-36(22-29)54-2)19-14-32(33)23-40(52)49-20-15-31(16-21-49)42(47-37)55-28/h5-6,8-12,22,31-33,35H,3-4,7,13-21,23-27H2,1-2H3,(H,44,50)(H,45,53)(H,46,51)/t32-,33-,35-/m0/s1. The number of likely N-dealkylation sites (tertiary alicyclic amines) is 1. The van der Waals surface area contributed by atoms with E-state index in [1.807, 2.05) is 24.0 Å². The summed E-state index contributed by atoms with van der Waals surface area (Å²) in [6.07, 6.45) is 6.12. The number of unbranched alkanes of at least 4 members (excludes halogenated alkanes) is 1. The van der Waals surface area contributed by atoms with Gasteiger partial charge in [-0.2, -0.15) is 0 Å². The molecular weight excluding hydrogens is 720 g/mol. The van der Waals surface area contributed by atoms with Crippen LogP contribution < -0.4 is 20.7 Å². The molecule has 5 heterocycles. The van der Waals surface area contributed by atoms with Crippen molar-refractivity contribution in [3.63, 3.8) is 0 Å². The van der Waals surface area contributed by atoms with Gasteiger partial charge in [0.2, 0.25) is 17.7 Å². The van der Waals surface area contributed by atoms with Gasteiger partial charge in [-0.1, -0.05) is 12.1 Å². The van der Waals surface area contributed by atoms with E-state index >= 15 is 0 Å². The second-order valence-electron chi connectivity index (χ2n) is 15.4. The molecule has 2 aromatic carbocycles. The van der Waals surface area contributed by atoms with Crippen LogP contribution in [0.15, 0.2) is 48.5 Å². The molecule has 7 rings (SSSR count). The maximum Gasteiger partial charge on any atom is 0.251 e. The van der Waals surface area contributed by atoms with Gasteiger partial charge in [-0.3, -0.25) is 24.1 Å². The Labute approximate surface area is 327 Å². The molecule has 3 aromatic rings. The van der Waals surface area contributed by atoms with Crippen molar-refractivity contribution < 1.29 is 28.3 Å². The van der Waals surface area contributed by atoms with E-state index in [4.69, 9.17) is 9.72 Å². The Hall–Kier alpha value is -4.36. The Morgan fingerprint density at radius 2 is 1.78 bits per heavy atom. The van der Waals surface area contributed by atoms with Crippen LogP contribution in [0.5, 0.6) is 5.75 Å². The zero-order valence-corrected chi connectivity index (χ0v) is 32.9. The predicted molar refractivity (Wildman–Crippen MR) is 210 cm³/mol. The Balaban J connectivity index is 1.11. The van der Waals surface area contributed by atoms with Crippen molar-refractivity contribution in [3.8, 4) is 5.75 Å². The van der Waals surface area contributed by atoms with Gasteiger partial charge in [0.1, 0.15) is 11.6 Å². The smallest absolute Gasteiger partial charge is 0.251 e. The molecule has 0 spiro atoms. The van der Waals surface area contributed by atoms with Crippen LogP contribution >= 0.6 is 11.3 Å². The number of aryl methyl sites for hydroxylation is 1. The van der Waals surface area contributed by atoms with E-state index < -0.39 is 5.82 Å².